The van der Waals surface area contributed by atoms with Gasteiger partial charge in [-0.15, -0.1) is 0 Å². The summed E-state index contributed by atoms with van der Waals surface area (Å²) in [5.74, 6) is 0. The third kappa shape index (κ3) is 7.20. The van der Waals surface area contributed by atoms with Crippen molar-refractivity contribution >= 4 is 0 Å². The lowest BCUT2D eigenvalue weighted by atomic mass is 9.99. The Hall–Kier alpha value is -0.120. The quantitative estimate of drug-likeness (QED) is 0.634. The normalized spacial score (nSPS) is 14.4. The zero-order valence-corrected chi connectivity index (χ0v) is 11.7. The average molecular weight is 230 g/mol. The Kier molecular flexibility index (Phi) is 7.98. The first-order valence-electron chi connectivity index (χ1n) is 6.60. The second-order valence-electron chi connectivity index (χ2n) is 5.15. The molecule has 0 spiro atoms. The monoisotopic (exact) mass is 230 g/mol. The molecule has 0 aliphatic rings. The molecule has 0 heterocycles. The summed E-state index contributed by atoms with van der Waals surface area (Å²) in [6, 6.07) is 0. The van der Waals surface area contributed by atoms with Gasteiger partial charge in [-0.25, -0.2) is 0 Å². The minimum absolute atomic E-state index is 0.138. The van der Waals surface area contributed by atoms with Gasteiger partial charge in [-0.1, -0.05) is 27.2 Å². The second kappa shape index (κ2) is 8.04. The molecular formula is C13H30N2O. The van der Waals surface area contributed by atoms with Crippen LogP contribution in [0.25, 0.3) is 0 Å². The molecule has 2 N–H and O–H groups in total. The minimum Gasteiger partial charge on any atom is -0.390 e. The first-order valence-corrected chi connectivity index (χ1v) is 6.60. The summed E-state index contributed by atoms with van der Waals surface area (Å²) in [7, 11) is 0. The highest BCUT2D eigenvalue weighted by atomic mass is 16.3. The Balaban J connectivity index is 3.83. The lowest BCUT2D eigenvalue weighted by Gasteiger charge is -2.29. The number of hydrogen-bond acceptors (Lipinski definition) is 3. The van der Waals surface area contributed by atoms with Crippen molar-refractivity contribution in [3.63, 3.8) is 0 Å². The van der Waals surface area contributed by atoms with Crippen molar-refractivity contribution in [1.29, 1.82) is 0 Å². The van der Waals surface area contributed by atoms with Crippen LogP contribution in [0.15, 0.2) is 0 Å². The van der Waals surface area contributed by atoms with Crippen LogP contribution in [0, 0.1) is 0 Å². The van der Waals surface area contributed by atoms with Crippen molar-refractivity contribution in [1.82, 2.24) is 10.2 Å². The topological polar surface area (TPSA) is 35.5 Å². The number of rotatable bonds is 9. The predicted molar refractivity (Wildman–Crippen MR) is 70.8 cm³/mol. The van der Waals surface area contributed by atoms with Crippen molar-refractivity contribution in [3.05, 3.63) is 0 Å². The first-order chi connectivity index (χ1) is 7.45. The Morgan fingerprint density at radius 2 is 1.75 bits per heavy atom. The molecule has 1 unspecified atom stereocenters. The van der Waals surface area contributed by atoms with E-state index in [9.17, 15) is 5.11 Å². The summed E-state index contributed by atoms with van der Waals surface area (Å²) in [6.45, 7) is 14.3. The zero-order valence-electron chi connectivity index (χ0n) is 11.7. The molecule has 0 saturated carbocycles. The molecule has 0 amide bonds. The number of β-amino-alcohol motifs (C(OH)–C–C–N with tert-alkyl or cyclic N) is 1. The van der Waals surface area contributed by atoms with Gasteiger partial charge in [0.15, 0.2) is 0 Å². The summed E-state index contributed by atoms with van der Waals surface area (Å²) in [5.41, 5.74) is 0.138. The molecule has 16 heavy (non-hydrogen) atoms. The molecule has 0 aliphatic heterocycles. The molecule has 98 valence electrons. The van der Waals surface area contributed by atoms with Gasteiger partial charge in [0.25, 0.3) is 0 Å². The van der Waals surface area contributed by atoms with E-state index in [1.807, 2.05) is 0 Å². The molecule has 0 radical (unpaired) electrons. The van der Waals surface area contributed by atoms with Gasteiger partial charge in [-0.3, -0.25) is 0 Å². The van der Waals surface area contributed by atoms with Gasteiger partial charge in [-0.2, -0.15) is 0 Å². The number of aliphatic hydroxyl groups is 1. The van der Waals surface area contributed by atoms with Gasteiger partial charge in [0.05, 0.1) is 6.10 Å². The van der Waals surface area contributed by atoms with E-state index in [1.165, 1.54) is 6.42 Å². The first kappa shape index (κ1) is 15.9. The maximum absolute atomic E-state index is 9.91. The minimum atomic E-state index is -0.268. The summed E-state index contributed by atoms with van der Waals surface area (Å²) in [5, 5.41) is 13.3. The molecule has 0 aliphatic carbocycles. The smallest absolute Gasteiger partial charge is 0.0791 e. The van der Waals surface area contributed by atoms with Crippen LogP contribution in [0.2, 0.25) is 0 Å². The van der Waals surface area contributed by atoms with Crippen molar-refractivity contribution in [2.75, 3.05) is 26.2 Å². The second-order valence-corrected chi connectivity index (χ2v) is 5.15. The van der Waals surface area contributed by atoms with Gasteiger partial charge in [0.2, 0.25) is 0 Å². The number of nitrogens with one attached hydrogen (secondary N) is 1. The molecule has 0 saturated heterocycles. The van der Waals surface area contributed by atoms with Crippen LogP contribution in [0.5, 0.6) is 0 Å². The Labute approximate surface area is 101 Å². The lowest BCUT2D eigenvalue weighted by molar-refractivity contribution is 0.108. The molecule has 0 fully saturated rings. The fourth-order valence-electron chi connectivity index (χ4n) is 1.95. The highest BCUT2D eigenvalue weighted by Crippen LogP contribution is 2.10. The van der Waals surface area contributed by atoms with Gasteiger partial charge in [0.1, 0.15) is 0 Å². The molecule has 3 heteroatoms. The van der Waals surface area contributed by atoms with Crippen molar-refractivity contribution in [2.24, 2.45) is 0 Å². The van der Waals surface area contributed by atoms with E-state index in [0.29, 0.717) is 6.54 Å². The Bertz CT molecular complexity index is 167. The van der Waals surface area contributed by atoms with Crippen LogP contribution < -0.4 is 5.32 Å². The third-order valence-electron chi connectivity index (χ3n) is 3.05. The molecular weight excluding hydrogens is 200 g/mol. The molecule has 1 atom stereocenters. The van der Waals surface area contributed by atoms with Crippen molar-refractivity contribution in [3.8, 4) is 0 Å². The average Bonchev–Trinajstić information content (AvgIpc) is 2.23. The van der Waals surface area contributed by atoms with Crippen LogP contribution in [-0.2, 0) is 0 Å². The van der Waals surface area contributed by atoms with Gasteiger partial charge >= 0.3 is 0 Å². The van der Waals surface area contributed by atoms with E-state index in [1.54, 1.807) is 0 Å². The van der Waals surface area contributed by atoms with Crippen LogP contribution in [0.3, 0.4) is 0 Å². The summed E-state index contributed by atoms with van der Waals surface area (Å²) < 4.78 is 0. The zero-order chi connectivity index (χ0) is 12.6. The maximum Gasteiger partial charge on any atom is 0.0791 e. The fourth-order valence-corrected chi connectivity index (χ4v) is 1.95. The number of nitrogens with zero attached hydrogens (tertiary/aromatic N) is 1. The van der Waals surface area contributed by atoms with E-state index in [4.69, 9.17) is 0 Å². The van der Waals surface area contributed by atoms with E-state index in [0.717, 1.165) is 26.1 Å². The summed E-state index contributed by atoms with van der Waals surface area (Å²) >= 11 is 0. The molecule has 0 rings (SSSR count). The summed E-state index contributed by atoms with van der Waals surface area (Å²) in [6.07, 6.45) is 2.05. The van der Waals surface area contributed by atoms with E-state index < -0.39 is 0 Å². The standard InChI is InChI=1S/C13H30N2O/c1-6-9-13(4,5)14-10-12(16)11-15(7-2)8-3/h12,14,16H,6-11H2,1-5H3. The van der Waals surface area contributed by atoms with Crippen LogP contribution in [0.1, 0.15) is 47.5 Å². The highest BCUT2D eigenvalue weighted by Gasteiger charge is 2.17. The number of aliphatic hydroxyl groups excluding tert-OH is 1. The van der Waals surface area contributed by atoms with Crippen LogP contribution in [-0.4, -0.2) is 47.8 Å². The number of hydrogen-bond donors (Lipinski definition) is 2. The third-order valence-corrected chi connectivity index (χ3v) is 3.05. The maximum atomic E-state index is 9.91. The SMILES string of the molecule is CCCC(C)(C)NCC(O)CN(CC)CC. The van der Waals surface area contributed by atoms with Gasteiger partial charge in [0, 0.05) is 18.6 Å². The summed E-state index contributed by atoms with van der Waals surface area (Å²) in [4.78, 5) is 2.25. The number of likely N-dealkylation sites (N-methyl/N-ethyl adjacent to an activating group) is 1. The Morgan fingerprint density at radius 3 is 2.19 bits per heavy atom. The highest BCUT2D eigenvalue weighted by molar-refractivity contribution is 4.78. The Morgan fingerprint density at radius 1 is 1.19 bits per heavy atom. The fraction of sp³-hybridized carbons (Fsp3) is 1.00. The predicted octanol–water partition coefficient (Wildman–Crippen LogP) is 1.86. The molecule has 0 aromatic heterocycles. The van der Waals surface area contributed by atoms with Gasteiger partial charge in [-0.05, 0) is 33.4 Å². The van der Waals surface area contributed by atoms with Crippen LogP contribution in [0.4, 0.5) is 0 Å². The van der Waals surface area contributed by atoms with Crippen LogP contribution >= 0.6 is 0 Å². The van der Waals surface area contributed by atoms with E-state index in [2.05, 4.69) is 44.8 Å². The lowest BCUT2D eigenvalue weighted by Crippen LogP contribution is -2.46. The van der Waals surface area contributed by atoms with Gasteiger partial charge < -0.3 is 15.3 Å². The molecule has 0 aromatic rings. The van der Waals surface area contributed by atoms with Crippen molar-refractivity contribution in [2.45, 2.75) is 59.1 Å². The molecule has 0 bridgehead atoms. The van der Waals surface area contributed by atoms with Crippen molar-refractivity contribution < 1.29 is 5.11 Å². The van der Waals surface area contributed by atoms with E-state index >= 15 is 0 Å². The molecule has 0 aromatic carbocycles. The molecule has 3 nitrogen and oxygen atoms in total. The van der Waals surface area contributed by atoms with E-state index in [-0.39, 0.29) is 11.6 Å². The largest absolute Gasteiger partial charge is 0.390 e.